The van der Waals surface area contributed by atoms with Crippen LogP contribution in [0.25, 0.3) is 31.7 Å². The van der Waals surface area contributed by atoms with Crippen LogP contribution >= 0.6 is 11.3 Å². The molecular formula is C23H17NO2S. The van der Waals surface area contributed by atoms with Crippen LogP contribution in [0.5, 0.6) is 0 Å². The Balaban J connectivity index is 1.77. The zero-order valence-corrected chi connectivity index (χ0v) is 15.8. The molecule has 0 N–H and O–H groups in total. The van der Waals surface area contributed by atoms with E-state index in [-0.39, 0.29) is 16.0 Å². The van der Waals surface area contributed by atoms with Crippen LogP contribution in [-0.4, -0.2) is 4.92 Å². The number of nitro groups is 1. The van der Waals surface area contributed by atoms with Crippen LogP contribution in [0.1, 0.15) is 25.0 Å². The quantitative estimate of drug-likeness (QED) is 0.288. The molecule has 3 nitrogen and oxygen atoms in total. The molecule has 4 aromatic rings. The number of nitrogens with zero attached hydrogens (tertiary/aromatic N) is 1. The monoisotopic (exact) mass is 371 g/mol. The number of hydrogen-bond donors (Lipinski definition) is 0. The molecule has 0 spiro atoms. The van der Waals surface area contributed by atoms with E-state index >= 15 is 0 Å². The van der Waals surface area contributed by atoms with E-state index in [1.165, 1.54) is 33.6 Å². The van der Waals surface area contributed by atoms with Gasteiger partial charge >= 0.3 is 0 Å². The number of rotatable bonds is 2. The molecule has 3 aromatic carbocycles. The molecule has 27 heavy (non-hydrogen) atoms. The zero-order valence-electron chi connectivity index (χ0n) is 15.0. The van der Waals surface area contributed by atoms with Crippen LogP contribution in [0, 0.1) is 10.1 Å². The van der Waals surface area contributed by atoms with Crippen LogP contribution < -0.4 is 0 Å². The Bertz CT molecular complexity index is 1240. The minimum absolute atomic E-state index is 0.118. The minimum atomic E-state index is -0.249. The largest absolute Gasteiger partial charge is 0.295 e. The third-order valence-corrected chi connectivity index (χ3v) is 6.81. The average Bonchev–Trinajstić information content (AvgIpc) is 3.16. The van der Waals surface area contributed by atoms with Gasteiger partial charge in [0.1, 0.15) is 4.88 Å². The maximum atomic E-state index is 11.8. The van der Waals surface area contributed by atoms with Crippen molar-refractivity contribution in [2.75, 3.05) is 0 Å². The minimum Gasteiger partial charge on any atom is -0.258 e. The van der Waals surface area contributed by atoms with Gasteiger partial charge in [0.15, 0.2) is 0 Å². The number of benzene rings is 3. The van der Waals surface area contributed by atoms with Gasteiger partial charge in [-0.1, -0.05) is 62.4 Å². The SMILES string of the molecule is CC1(C)c2ccccc2-c2ccc(-c3sc4ccccc4c3[N+](=O)[O-])cc21. The van der Waals surface area contributed by atoms with Crippen LogP contribution in [0.4, 0.5) is 5.69 Å². The van der Waals surface area contributed by atoms with Gasteiger partial charge in [-0.05, 0) is 46.0 Å². The Morgan fingerprint density at radius 3 is 2.41 bits per heavy atom. The fourth-order valence-electron chi connectivity index (χ4n) is 4.25. The van der Waals surface area contributed by atoms with E-state index in [1.807, 2.05) is 30.3 Å². The first-order valence-corrected chi connectivity index (χ1v) is 9.71. The average molecular weight is 371 g/mol. The molecule has 0 bridgehead atoms. The summed E-state index contributed by atoms with van der Waals surface area (Å²) in [4.78, 5) is 12.3. The summed E-state index contributed by atoms with van der Waals surface area (Å²) in [5.74, 6) is 0. The highest BCUT2D eigenvalue weighted by Gasteiger charge is 2.36. The molecule has 1 aromatic heterocycles. The van der Waals surface area contributed by atoms with Crippen molar-refractivity contribution in [3.8, 4) is 21.6 Å². The molecule has 1 heterocycles. The molecule has 4 heteroatoms. The van der Waals surface area contributed by atoms with E-state index in [4.69, 9.17) is 0 Å². The van der Waals surface area contributed by atoms with Crippen molar-refractivity contribution in [3.63, 3.8) is 0 Å². The van der Waals surface area contributed by atoms with Crippen molar-refractivity contribution in [2.24, 2.45) is 0 Å². The fourth-order valence-corrected chi connectivity index (χ4v) is 5.42. The Kier molecular flexibility index (Phi) is 3.31. The summed E-state index contributed by atoms with van der Waals surface area (Å²) in [5, 5.41) is 12.5. The summed E-state index contributed by atoms with van der Waals surface area (Å²) in [7, 11) is 0. The summed E-state index contributed by atoms with van der Waals surface area (Å²) < 4.78 is 0.947. The van der Waals surface area contributed by atoms with Crippen LogP contribution in [0.2, 0.25) is 0 Å². The molecule has 0 fully saturated rings. The molecule has 0 saturated heterocycles. The standard InChI is InChI=1S/C23H17NO2S/c1-23(2)18-9-5-3-7-15(18)16-12-11-14(13-19(16)23)22-21(24(25)26)17-8-4-6-10-20(17)27-22/h3-13H,1-2H3. The Hall–Kier alpha value is -2.98. The second kappa shape index (κ2) is 5.51. The third kappa shape index (κ3) is 2.20. The van der Waals surface area contributed by atoms with E-state index in [1.54, 1.807) is 0 Å². The smallest absolute Gasteiger partial charge is 0.258 e. The van der Waals surface area contributed by atoms with Crippen LogP contribution in [0.3, 0.4) is 0 Å². The molecule has 0 amide bonds. The molecule has 0 unspecified atom stereocenters. The predicted octanol–water partition coefficient (Wildman–Crippen LogP) is 6.78. The van der Waals surface area contributed by atoms with Gasteiger partial charge in [-0.15, -0.1) is 11.3 Å². The summed E-state index contributed by atoms with van der Waals surface area (Å²) >= 11 is 1.49. The lowest BCUT2D eigenvalue weighted by atomic mass is 9.82. The molecule has 5 rings (SSSR count). The first kappa shape index (κ1) is 16.2. The van der Waals surface area contributed by atoms with Gasteiger partial charge in [-0.2, -0.15) is 0 Å². The van der Waals surface area contributed by atoms with Crippen molar-refractivity contribution in [1.29, 1.82) is 0 Å². The van der Waals surface area contributed by atoms with E-state index in [9.17, 15) is 10.1 Å². The number of thiophene rings is 1. The summed E-state index contributed by atoms with van der Waals surface area (Å²) in [5.41, 5.74) is 6.04. The van der Waals surface area contributed by atoms with E-state index in [0.717, 1.165) is 15.1 Å². The van der Waals surface area contributed by atoms with Crippen molar-refractivity contribution in [3.05, 3.63) is 88.0 Å². The maximum Gasteiger partial charge on any atom is 0.295 e. The lowest BCUT2D eigenvalue weighted by Crippen LogP contribution is -2.14. The van der Waals surface area contributed by atoms with Gasteiger partial charge in [0, 0.05) is 10.1 Å². The van der Waals surface area contributed by atoms with Crippen molar-refractivity contribution in [2.45, 2.75) is 19.3 Å². The third-order valence-electron chi connectivity index (χ3n) is 5.60. The Morgan fingerprint density at radius 2 is 1.59 bits per heavy atom. The van der Waals surface area contributed by atoms with Crippen molar-refractivity contribution in [1.82, 2.24) is 0 Å². The van der Waals surface area contributed by atoms with E-state index in [0.29, 0.717) is 5.39 Å². The van der Waals surface area contributed by atoms with Gasteiger partial charge < -0.3 is 0 Å². The lowest BCUT2D eigenvalue weighted by molar-refractivity contribution is -0.382. The number of hydrogen-bond acceptors (Lipinski definition) is 3. The highest BCUT2D eigenvalue weighted by atomic mass is 32.1. The van der Waals surface area contributed by atoms with E-state index < -0.39 is 0 Å². The normalized spacial score (nSPS) is 14.1. The maximum absolute atomic E-state index is 11.8. The second-order valence-corrected chi connectivity index (χ2v) is 8.52. The first-order chi connectivity index (χ1) is 13.0. The van der Waals surface area contributed by atoms with Crippen LogP contribution in [-0.2, 0) is 5.41 Å². The van der Waals surface area contributed by atoms with Crippen molar-refractivity contribution >= 4 is 27.1 Å². The molecule has 0 atom stereocenters. The molecule has 0 radical (unpaired) electrons. The summed E-state index contributed by atoms with van der Waals surface area (Å²) in [6.07, 6.45) is 0. The molecular weight excluding hydrogens is 354 g/mol. The van der Waals surface area contributed by atoms with Gasteiger partial charge in [-0.3, -0.25) is 10.1 Å². The molecule has 1 aliphatic rings. The Labute approximate surface area is 161 Å². The zero-order chi connectivity index (χ0) is 18.8. The van der Waals surface area contributed by atoms with Gasteiger partial charge in [0.2, 0.25) is 0 Å². The molecule has 0 saturated carbocycles. The van der Waals surface area contributed by atoms with Gasteiger partial charge in [-0.25, -0.2) is 0 Å². The lowest BCUT2D eigenvalue weighted by Gasteiger charge is -2.21. The second-order valence-electron chi connectivity index (χ2n) is 7.46. The van der Waals surface area contributed by atoms with E-state index in [2.05, 4.69) is 50.2 Å². The topological polar surface area (TPSA) is 43.1 Å². The summed E-state index contributed by atoms with van der Waals surface area (Å²) in [6.45, 7) is 4.45. The van der Waals surface area contributed by atoms with Crippen LogP contribution in [0.15, 0.2) is 66.7 Å². The predicted molar refractivity (Wildman–Crippen MR) is 111 cm³/mol. The highest BCUT2D eigenvalue weighted by Crippen LogP contribution is 2.51. The molecule has 1 aliphatic carbocycles. The van der Waals surface area contributed by atoms with Gasteiger partial charge in [0.25, 0.3) is 5.69 Å². The fraction of sp³-hybridized carbons (Fsp3) is 0.130. The van der Waals surface area contributed by atoms with Crippen molar-refractivity contribution < 1.29 is 4.92 Å². The summed E-state index contributed by atoms with van der Waals surface area (Å²) in [6, 6.07) is 22.3. The molecule has 132 valence electrons. The van der Waals surface area contributed by atoms with Gasteiger partial charge in [0.05, 0.1) is 10.3 Å². The number of fused-ring (bicyclic) bond motifs is 4. The molecule has 0 aliphatic heterocycles. The first-order valence-electron chi connectivity index (χ1n) is 8.89. The highest BCUT2D eigenvalue weighted by molar-refractivity contribution is 7.23. The Morgan fingerprint density at radius 1 is 0.889 bits per heavy atom.